The van der Waals surface area contributed by atoms with E-state index < -0.39 is 0 Å². The van der Waals surface area contributed by atoms with Crippen LogP contribution in [0.2, 0.25) is 0 Å². The highest BCUT2D eigenvalue weighted by Gasteiger charge is 2.35. The van der Waals surface area contributed by atoms with Crippen molar-refractivity contribution in [2.45, 2.75) is 124 Å². The van der Waals surface area contributed by atoms with Gasteiger partial charge in [0.25, 0.3) is 0 Å². The molecule has 0 aromatic heterocycles. The van der Waals surface area contributed by atoms with E-state index in [9.17, 15) is 9.59 Å². The first kappa shape index (κ1) is 26.9. The number of esters is 1. The van der Waals surface area contributed by atoms with Gasteiger partial charge in [0.2, 0.25) is 5.91 Å². The molecule has 0 N–H and O–H groups in total. The summed E-state index contributed by atoms with van der Waals surface area (Å²) in [6.07, 6.45) is 16.3. The van der Waals surface area contributed by atoms with E-state index >= 15 is 0 Å². The lowest BCUT2D eigenvalue weighted by molar-refractivity contribution is -0.152. The van der Waals surface area contributed by atoms with Crippen LogP contribution in [-0.4, -0.2) is 36.0 Å². The summed E-state index contributed by atoms with van der Waals surface area (Å²) in [5.74, 6) is -0.391. The van der Waals surface area contributed by atoms with Gasteiger partial charge in [0.15, 0.2) is 0 Å². The first-order chi connectivity index (χ1) is 13.5. The molecule has 1 aliphatic rings. The minimum Gasteiger partial charge on any atom is -0.463 e. The van der Waals surface area contributed by atoms with Gasteiger partial charge in [0.1, 0.15) is 0 Å². The average Bonchev–Trinajstić information content (AvgIpc) is 3.03. The second-order valence-corrected chi connectivity index (χ2v) is 8.41. The van der Waals surface area contributed by atoms with Crippen molar-refractivity contribution in [2.24, 2.45) is 5.92 Å². The number of unbranched alkanes of at least 4 members (excludes halogenated alkanes) is 10. The van der Waals surface area contributed by atoms with Crippen LogP contribution in [0, 0.1) is 5.92 Å². The summed E-state index contributed by atoms with van der Waals surface area (Å²) in [6, 6.07) is 0. The van der Waals surface area contributed by atoms with Crippen LogP contribution < -0.4 is 0 Å². The number of likely N-dealkylation sites (tertiary alicyclic amines) is 1. The molecule has 1 amide bonds. The van der Waals surface area contributed by atoms with E-state index in [0.29, 0.717) is 13.0 Å². The normalized spacial score (nSPS) is 16.3. The second-order valence-electron chi connectivity index (χ2n) is 8.41. The summed E-state index contributed by atoms with van der Waals surface area (Å²) in [6.45, 7) is 11.7. The molecule has 0 saturated carbocycles. The number of carbonyl (C=O) groups is 2. The molecule has 0 aromatic carbocycles. The molecule has 28 heavy (non-hydrogen) atoms. The number of hydrogen-bond donors (Lipinski definition) is 0. The predicted octanol–water partition coefficient (Wildman–Crippen LogP) is 6.51. The zero-order valence-electron chi connectivity index (χ0n) is 19.4. The minimum absolute atomic E-state index is 0.0946. The summed E-state index contributed by atoms with van der Waals surface area (Å²) in [4.78, 5) is 25.3. The lowest BCUT2D eigenvalue weighted by atomic mass is 10.1. The van der Waals surface area contributed by atoms with Crippen LogP contribution in [0.5, 0.6) is 0 Å². The van der Waals surface area contributed by atoms with E-state index in [4.69, 9.17) is 4.74 Å². The van der Waals surface area contributed by atoms with Gasteiger partial charge in [-0.1, -0.05) is 91.4 Å². The average molecular weight is 398 g/mol. The Morgan fingerprint density at radius 2 is 1.36 bits per heavy atom. The van der Waals surface area contributed by atoms with Crippen molar-refractivity contribution in [1.82, 2.24) is 4.90 Å². The van der Waals surface area contributed by atoms with E-state index in [2.05, 4.69) is 20.8 Å². The van der Waals surface area contributed by atoms with E-state index in [1.54, 1.807) is 0 Å². The smallest absolute Gasteiger partial charge is 0.311 e. The van der Waals surface area contributed by atoms with Crippen molar-refractivity contribution in [3.63, 3.8) is 0 Å². The highest BCUT2D eigenvalue weighted by molar-refractivity contribution is 5.86. The Morgan fingerprint density at radius 1 is 0.893 bits per heavy atom. The molecule has 0 spiro atoms. The molecule has 0 aliphatic carbocycles. The van der Waals surface area contributed by atoms with Gasteiger partial charge in [-0.3, -0.25) is 9.59 Å². The van der Waals surface area contributed by atoms with Gasteiger partial charge in [-0.15, -0.1) is 0 Å². The zero-order valence-corrected chi connectivity index (χ0v) is 19.4. The van der Waals surface area contributed by atoms with Gasteiger partial charge in [-0.25, -0.2) is 0 Å². The molecule has 1 fully saturated rings. The maximum absolute atomic E-state index is 11.8. The van der Waals surface area contributed by atoms with Crippen LogP contribution in [0.1, 0.15) is 118 Å². The number of amides is 1. The molecule has 1 saturated heterocycles. The molecule has 1 unspecified atom stereocenters. The van der Waals surface area contributed by atoms with Gasteiger partial charge in [0, 0.05) is 19.5 Å². The van der Waals surface area contributed by atoms with E-state index in [-0.39, 0.29) is 23.9 Å². The number of hydrogen-bond acceptors (Lipinski definition) is 3. The molecule has 0 aromatic rings. The number of carbonyl (C=O) groups excluding carboxylic acids is 2. The fraction of sp³-hybridized carbons (Fsp3) is 0.917. The topological polar surface area (TPSA) is 46.6 Å². The Kier molecular flexibility index (Phi) is 17.3. The SMILES string of the molecule is CCCCCCCCCC.CCCCCCN1CC(C(=O)OC(C)C)CC1=O. The monoisotopic (exact) mass is 397 g/mol. The van der Waals surface area contributed by atoms with Gasteiger partial charge >= 0.3 is 5.97 Å². The van der Waals surface area contributed by atoms with Crippen molar-refractivity contribution in [2.75, 3.05) is 13.1 Å². The van der Waals surface area contributed by atoms with Crippen LogP contribution in [0.25, 0.3) is 0 Å². The molecule has 0 bridgehead atoms. The third-order valence-corrected chi connectivity index (χ3v) is 5.14. The van der Waals surface area contributed by atoms with E-state index in [1.165, 1.54) is 64.2 Å². The largest absolute Gasteiger partial charge is 0.463 e. The standard InChI is InChI=1S/C14H25NO3.C10H22/c1-4-5-6-7-8-15-10-12(9-13(15)16)14(17)18-11(2)3;1-3-5-7-9-10-8-6-4-2/h11-12H,4-10H2,1-3H3;3-10H2,1-2H3. The van der Waals surface area contributed by atoms with Gasteiger partial charge in [0.05, 0.1) is 12.0 Å². The van der Waals surface area contributed by atoms with Crippen LogP contribution in [0.4, 0.5) is 0 Å². The molecule has 1 rings (SSSR count). The van der Waals surface area contributed by atoms with Crippen molar-refractivity contribution < 1.29 is 14.3 Å². The Morgan fingerprint density at radius 3 is 1.82 bits per heavy atom. The van der Waals surface area contributed by atoms with Gasteiger partial charge in [-0.05, 0) is 20.3 Å². The van der Waals surface area contributed by atoms with Crippen LogP contribution in [0.3, 0.4) is 0 Å². The predicted molar refractivity (Wildman–Crippen MR) is 118 cm³/mol. The summed E-state index contributed by atoms with van der Waals surface area (Å²) < 4.78 is 5.16. The first-order valence-electron chi connectivity index (χ1n) is 11.9. The Bertz CT molecular complexity index is 387. The molecule has 4 heteroatoms. The molecular weight excluding hydrogens is 350 g/mol. The molecule has 166 valence electrons. The van der Waals surface area contributed by atoms with Crippen LogP contribution in [0.15, 0.2) is 0 Å². The fourth-order valence-electron chi connectivity index (χ4n) is 3.41. The highest BCUT2D eigenvalue weighted by Crippen LogP contribution is 2.20. The fourth-order valence-corrected chi connectivity index (χ4v) is 3.41. The quantitative estimate of drug-likeness (QED) is 0.248. The van der Waals surface area contributed by atoms with Crippen molar-refractivity contribution >= 4 is 11.9 Å². The zero-order chi connectivity index (χ0) is 21.2. The van der Waals surface area contributed by atoms with Gasteiger partial charge < -0.3 is 9.64 Å². The Hall–Kier alpha value is -1.06. The lowest BCUT2D eigenvalue weighted by Gasteiger charge is -2.16. The number of rotatable bonds is 14. The van der Waals surface area contributed by atoms with Crippen molar-refractivity contribution in [3.05, 3.63) is 0 Å². The second kappa shape index (κ2) is 18.0. The maximum atomic E-state index is 11.8. The Labute approximate surface area is 174 Å². The number of ether oxygens (including phenoxy) is 1. The molecule has 1 aliphatic heterocycles. The van der Waals surface area contributed by atoms with Crippen molar-refractivity contribution in [3.8, 4) is 0 Å². The highest BCUT2D eigenvalue weighted by atomic mass is 16.5. The van der Waals surface area contributed by atoms with Crippen LogP contribution in [-0.2, 0) is 14.3 Å². The van der Waals surface area contributed by atoms with Gasteiger partial charge in [-0.2, -0.15) is 0 Å². The molecule has 4 nitrogen and oxygen atoms in total. The Balaban J connectivity index is 0.000000621. The summed E-state index contributed by atoms with van der Waals surface area (Å²) >= 11 is 0. The number of nitrogens with zero attached hydrogens (tertiary/aromatic N) is 1. The molecule has 1 atom stereocenters. The lowest BCUT2D eigenvalue weighted by Crippen LogP contribution is -2.28. The van der Waals surface area contributed by atoms with E-state index in [0.717, 1.165) is 19.4 Å². The third kappa shape index (κ3) is 14.0. The molecule has 1 heterocycles. The minimum atomic E-state index is -0.258. The maximum Gasteiger partial charge on any atom is 0.311 e. The third-order valence-electron chi connectivity index (χ3n) is 5.14. The first-order valence-corrected chi connectivity index (χ1v) is 11.9. The van der Waals surface area contributed by atoms with Crippen LogP contribution >= 0.6 is 0 Å². The molecular formula is C24H47NO3. The molecule has 0 radical (unpaired) electrons. The summed E-state index contributed by atoms with van der Waals surface area (Å²) in [7, 11) is 0. The summed E-state index contributed by atoms with van der Waals surface area (Å²) in [5.41, 5.74) is 0. The summed E-state index contributed by atoms with van der Waals surface area (Å²) in [5, 5.41) is 0. The van der Waals surface area contributed by atoms with E-state index in [1.807, 2.05) is 18.7 Å². The van der Waals surface area contributed by atoms with Crippen molar-refractivity contribution in [1.29, 1.82) is 0 Å².